The fourth-order valence-electron chi connectivity index (χ4n) is 1.66. The first-order chi connectivity index (χ1) is 9.45. The molecule has 0 aliphatic heterocycles. The average molecular weight is 300 g/mol. The van der Waals surface area contributed by atoms with E-state index in [9.17, 15) is 13.2 Å². The molecule has 0 unspecified atom stereocenters. The van der Waals surface area contributed by atoms with Crippen molar-refractivity contribution in [1.82, 2.24) is 10.0 Å². The van der Waals surface area contributed by atoms with Gasteiger partial charge in [0.15, 0.2) is 0 Å². The molecular weight excluding hydrogens is 280 g/mol. The fourth-order valence-corrected chi connectivity index (χ4v) is 2.96. The number of carbonyl (C=O) groups excluding carboxylic acids is 1. The van der Waals surface area contributed by atoms with Crippen LogP contribution in [0.3, 0.4) is 0 Å². The van der Waals surface area contributed by atoms with Gasteiger partial charge in [0.05, 0.1) is 12.0 Å². The van der Waals surface area contributed by atoms with E-state index in [1.165, 1.54) is 7.11 Å². The zero-order valence-corrected chi connectivity index (χ0v) is 12.4. The molecule has 1 rings (SSSR count). The largest absolute Gasteiger partial charge is 0.453 e. The minimum Gasteiger partial charge on any atom is -0.453 e. The van der Waals surface area contributed by atoms with Crippen LogP contribution in [-0.4, -0.2) is 34.2 Å². The van der Waals surface area contributed by atoms with Crippen LogP contribution in [0.5, 0.6) is 0 Å². The van der Waals surface area contributed by atoms with Crippen molar-refractivity contribution in [3.63, 3.8) is 0 Å². The quantitative estimate of drug-likeness (QED) is 0.747. The Hall–Kier alpha value is -1.60. The van der Waals surface area contributed by atoms with E-state index >= 15 is 0 Å². The van der Waals surface area contributed by atoms with E-state index in [2.05, 4.69) is 14.8 Å². The van der Waals surface area contributed by atoms with Crippen LogP contribution in [0.15, 0.2) is 35.2 Å². The topological polar surface area (TPSA) is 84.5 Å². The second-order valence-electron chi connectivity index (χ2n) is 4.40. The Morgan fingerprint density at radius 1 is 1.30 bits per heavy atom. The molecule has 112 valence electrons. The molecule has 0 saturated carbocycles. The van der Waals surface area contributed by atoms with E-state index in [4.69, 9.17) is 0 Å². The Morgan fingerprint density at radius 2 is 1.95 bits per heavy atom. The lowest BCUT2D eigenvalue weighted by Gasteiger charge is -2.14. The molecular formula is C13H20N2O4S. The van der Waals surface area contributed by atoms with Gasteiger partial charge in [-0.25, -0.2) is 17.9 Å². The number of rotatable bonds is 7. The van der Waals surface area contributed by atoms with Crippen molar-refractivity contribution in [2.24, 2.45) is 0 Å². The number of methoxy groups -OCH3 is 1. The van der Waals surface area contributed by atoms with Gasteiger partial charge in [0.1, 0.15) is 0 Å². The predicted octanol–water partition coefficient (Wildman–Crippen LogP) is 1.49. The highest BCUT2D eigenvalue weighted by molar-refractivity contribution is 7.89. The number of nitrogens with one attached hydrogen (secondary N) is 2. The highest BCUT2D eigenvalue weighted by Crippen LogP contribution is 2.09. The summed E-state index contributed by atoms with van der Waals surface area (Å²) in [6, 6.07) is 8.02. The van der Waals surface area contributed by atoms with E-state index in [1.807, 2.05) is 0 Å². The third-order valence-corrected chi connectivity index (χ3v) is 4.28. The lowest BCUT2D eigenvalue weighted by atomic mass is 10.2. The molecule has 20 heavy (non-hydrogen) atoms. The number of alkyl carbamates (subject to hydrolysis) is 1. The van der Waals surface area contributed by atoms with Crippen molar-refractivity contribution < 1.29 is 17.9 Å². The molecule has 2 N–H and O–H groups in total. The minimum absolute atomic E-state index is 0.209. The number of benzene rings is 1. The first-order valence-electron chi connectivity index (χ1n) is 6.35. The first kappa shape index (κ1) is 16.5. The molecule has 1 aromatic carbocycles. The Bertz CT molecular complexity index is 516. The second-order valence-corrected chi connectivity index (χ2v) is 6.11. The van der Waals surface area contributed by atoms with E-state index < -0.39 is 16.1 Å². The van der Waals surface area contributed by atoms with Gasteiger partial charge >= 0.3 is 6.09 Å². The van der Waals surface area contributed by atoms with Crippen LogP contribution in [0.4, 0.5) is 4.79 Å². The molecule has 0 bridgehead atoms. The van der Waals surface area contributed by atoms with Gasteiger partial charge in [-0.3, -0.25) is 0 Å². The summed E-state index contributed by atoms with van der Waals surface area (Å²) in [6.07, 6.45) is 0.798. The molecule has 0 fully saturated rings. The lowest BCUT2D eigenvalue weighted by molar-refractivity contribution is 0.171. The summed E-state index contributed by atoms with van der Waals surface area (Å²) < 4.78 is 31.1. The molecule has 0 aromatic heterocycles. The zero-order valence-electron chi connectivity index (χ0n) is 11.6. The lowest BCUT2D eigenvalue weighted by Crippen LogP contribution is -2.33. The number of hydrogen-bond donors (Lipinski definition) is 2. The van der Waals surface area contributed by atoms with E-state index in [1.54, 1.807) is 37.3 Å². The number of amides is 1. The van der Waals surface area contributed by atoms with Gasteiger partial charge in [-0.1, -0.05) is 18.2 Å². The minimum atomic E-state index is -3.48. The van der Waals surface area contributed by atoms with Crippen LogP contribution in [0.2, 0.25) is 0 Å². The monoisotopic (exact) mass is 300 g/mol. The van der Waals surface area contributed by atoms with Gasteiger partial charge < -0.3 is 10.1 Å². The predicted molar refractivity (Wildman–Crippen MR) is 75.9 cm³/mol. The van der Waals surface area contributed by atoms with Crippen molar-refractivity contribution in [3.05, 3.63) is 30.3 Å². The first-order valence-corrected chi connectivity index (χ1v) is 7.83. The summed E-state index contributed by atoms with van der Waals surface area (Å²) in [4.78, 5) is 11.1. The third kappa shape index (κ3) is 5.58. The van der Waals surface area contributed by atoms with Crippen molar-refractivity contribution in [1.29, 1.82) is 0 Å². The molecule has 0 heterocycles. The number of carbonyl (C=O) groups is 1. The molecule has 1 amide bonds. The molecule has 6 nitrogen and oxygen atoms in total. The average Bonchev–Trinajstić information content (AvgIpc) is 2.43. The maximum Gasteiger partial charge on any atom is 0.406 e. The van der Waals surface area contributed by atoms with Crippen LogP contribution >= 0.6 is 0 Å². The fraction of sp³-hybridized carbons (Fsp3) is 0.462. The highest BCUT2D eigenvalue weighted by atomic mass is 32.2. The SMILES string of the molecule is COC(=O)NCCC[C@@H](C)NS(=O)(=O)c1ccccc1. The van der Waals surface area contributed by atoms with Gasteiger partial charge in [-0.15, -0.1) is 0 Å². The standard InChI is InChI=1S/C13H20N2O4S/c1-11(7-6-10-14-13(16)19-2)15-20(17,18)12-8-4-3-5-9-12/h3-5,8-9,11,15H,6-7,10H2,1-2H3,(H,14,16)/t11-/m1/s1. The van der Waals surface area contributed by atoms with Crippen LogP contribution in [-0.2, 0) is 14.8 Å². The van der Waals surface area contributed by atoms with Crippen molar-refractivity contribution in [2.75, 3.05) is 13.7 Å². The third-order valence-electron chi connectivity index (χ3n) is 2.68. The normalized spacial score (nSPS) is 12.7. The van der Waals surface area contributed by atoms with Crippen LogP contribution in [0.25, 0.3) is 0 Å². The smallest absolute Gasteiger partial charge is 0.406 e. The molecule has 0 aliphatic carbocycles. The Morgan fingerprint density at radius 3 is 2.55 bits per heavy atom. The van der Waals surface area contributed by atoms with E-state index in [0.717, 1.165) is 0 Å². The van der Waals surface area contributed by atoms with Gasteiger partial charge in [0.25, 0.3) is 0 Å². The Kier molecular flexibility index (Phi) is 6.47. The van der Waals surface area contributed by atoms with Gasteiger partial charge in [0, 0.05) is 12.6 Å². The Balaban J connectivity index is 2.39. The van der Waals surface area contributed by atoms with Gasteiger partial charge in [-0.05, 0) is 31.9 Å². The summed E-state index contributed by atoms with van der Waals surface area (Å²) in [5.41, 5.74) is 0. The maximum atomic E-state index is 12.0. The Labute approximate surface area is 119 Å². The van der Waals surface area contributed by atoms with Crippen LogP contribution in [0, 0.1) is 0 Å². The summed E-state index contributed by atoms with van der Waals surface area (Å²) >= 11 is 0. The molecule has 0 saturated heterocycles. The molecule has 0 aliphatic rings. The molecule has 0 radical (unpaired) electrons. The maximum absolute atomic E-state index is 12.0. The van der Waals surface area contributed by atoms with E-state index in [-0.39, 0.29) is 10.9 Å². The van der Waals surface area contributed by atoms with Gasteiger partial charge in [-0.2, -0.15) is 0 Å². The highest BCUT2D eigenvalue weighted by Gasteiger charge is 2.16. The van der Waals surface area contributed by atoms with E-state index in [0.29, 0.717) is 19.4 Å². The second kappa shape index (κ2) is 7.86. The number of ether oxygens (including phenoxy) is 1. The molecule has 7 heteroatoms. The summed E-state index contributed by atoms with van der Waals surface area (Å²) in [5.74, 6) is 0. The molecule has 1 aromatic rings. The molecule has 1 atom stereocenters. The zero-order chi connectivity index (χ0) is 15.0. The van der Waals surface area contributed by atoms with Crippen molar-refractivity contribution in [3.8, 4) is 0 Å². The summed E-state index contributed by atoms with van der Waals surface area (Å²) in [7, 11) is -2.18. The van der Waals surface area contributed by atoms with Crippen LogP contribution in [0.1, 0.15) is 19.8 Å². The summed E-state index contributed by atoms with van der Waals surface area (Å²) in [5, 5.41) is 2.54. The van der Waals surface area contributed by atoms with Crippen LogP contribution < -0.4 is 10.0 Å². The number of sulfonamides is 1. The molecule has 0 spiro atoms. The summed E-state index contributed by atoms with van der Waals surface area (Å²) in [6.45, 7) is 2.24. The van der Waals surface area contributed by atoms with Gasteiger partial charge in [0.2, 0.25) is 10.0 Å². The van der Waals surface area contributed by atoms with Crippen molar-refractivity contribution >= 4 is 16.1 Å². The number of hydrogen-bond acceptors (Lipinski definition) is 4. The van der Waals surface area contributed by atoms with Crippen molar-refractivity contribution in [2.45, 2.75) is 30.7 Å².